The lowest BCUT2D eigenvalue weighted by atomic mass is 10.1. The van der Waals surface area contributed by atoms with Gasteiger partial charge in [-0.15, -0.1) is 0 Å². The standard InChI is InChI=1S/C13H25N3O/c1-11(2)16-10-12(9-15-16)17-8-6-7-14-13(3,4)5/h9-11,14H,6-8H2,1-5H3. The van der Waals surface area contributed by atoms with Crippen molar-refractivity contribution in [3.63, 3.8) is 0 Å². The van der Waals surface area contributed by atoms with E-state index < -0.39 is 0 Å². The molecule has 1 N–H and O–H groups in total. The van der Waals surface area contributed by atoms with Crippen LogP contribution in [0.25, 0.3) is 0 Å². The zero-order chi connectivity index (χ0) is 12.9. The van der Waals surface area contributed by atoms with Gasteiger partial charge in [0.15, 0.2) is 5.75 Å². The second kappa shape index (κ2) is 6.05. The highest BCUT2D eigenvalue weighted by Gasteiger charge is 2.07. The molecular formula is C13H25N3O. The number of ether oxygens (including phenoxy) is 1. The van der Waals surface area contributed by atoms with E-state index >= 15 is 0 Å². The maximum atomic E-state index is 5.63. The van der Waals surface area contributed by atoms with Gasteiger partial charge in [0, 0.05) is 11.6 Å². The van der Waals surface area contributed by atoms with Crippen LogP contribution in [0.3, 0.4) is 0 Å². The fourth-order valence-corrected chi connectivity index (χ4v) is 1.40. The summed E-state index contributed by atoms with van der Waals surface area (Å²) >= 11 is 0. The minimum Gasteiger partial charge on any atom is -0.490 e. The number of aromatic nitrogens is 2. The summed E-state index contributed by atoms with van der Waals surface area (Å²) in [4.78, 5) is 0. The van der Waals surface area contributed by atoms with Crippen molar-refractivity contribution < 1.29 is 4.74 Å². The van der Waals surface area contributed by atoms with Gasteiger partial charge in [-0.2, -0.15) is 5.10 Å². The summed E-state index contributed by atoms with van der Waals surface area (Å²) in [6.07, 6.45) is 4.73. The molecule has 0 spiro atoms. The van der Waals surface area contributed by atoms with Gasteiger partial charge in [-0.25, -0.2) is 0 Å². The van der Waals surface area contributed by atoms with Crippen molar-refractivity contribution in [1.82, 2.24) is 15.1 Å². The molecule has 0 aromatic carbocycles. The van der Waals surface area contributed by atoms with Crippen LogP contribution in [-0.2, 0) is 0 Å². The van der Waals surface area contributed by atoms with Crippen molar-refractivity contribution in [1.29, 1.82) is 0 Å². The highest BCUT2D eigenvalue weighted by molar-refractivity contribution is 5.11. The fourth-order valence-electron chi connectivity index (χ4n) is 1.40. The summed E-state index contributed by atoms with van der Waals surface area (Å²) < 4.78 is 7.53. The Labute approximate surface area is 104 Å². The van der Waals surface area contributed by atoms with E-state index in [-0.39, 0.29) is 5.54 Å². The molecule has 0 radical (unpaired) electrons. The van der Waals surface area contributed by atoms with Crippen LogP contribution in [0, 0.1) is 0 Å². The molecule has 4 nitrogen and oxygen atoms in total. The summed E-state index contributed by atoms with van der Waals surface area (Å²) in [7, 11) is 0. The molecule has 98 valence electrons. The second-order valence-electron chi connectivity index (χ2n) is 5.63. The zero-order valence-electron chi connectivity index (χ0n) is 11.7. The quantitative estimate of drug-likeness (QED) is 0.776. The van der Waals surface area contributed by atoms with Crippen LogP contribution in [0.2, 0.25) is 0 Å². The van der Waals surface area contributed by atoms with Crippen LogP contribution in [0.5, 0.6) is 5.75 Å². The Bertz CT molecular complexity index is 326. The van der Waals surface area contributed by atoms with Crippen LogP contribution in [0.1, 0.15) is 47.1 Å². The Morgan fingerprint density at radius 1 is 1.41 bits per heavy atom. The third-order valence-electron chi connectivity index (χ3n) is 2.35. The first-order valence-corrected chi connectivity index (χ1v) is 6.30. The largest absolute Gasteiger partial charge is 0.490 e. The normalized spacial score (nSPS) is 12.1. The van der Waals surface area contributed by atoms with E-state index in [1.807, 2.05) is 10.9 Å². The lowest BCUT2D eigenvalue weighted by Crippen LogP contribution is -2.36. The monoisotopic (exact) mass is 239 g/mol. The third kappa shape index (κ3) is 5.73. The number of hydrogen-bond acceptors (Lipinski definition) is 3. The molecule has 0 aliphatic rings. The van der Waals surface area contributed by atoms with Crippen molar-refractivity contribution in [3.8, 4) is 5.75 Å². The molecule has 0 unspecified atom stereocenters. The fraction of sp³-hybridized carbons (Fsp3) is 0.769. The number of hydrogen-bond donors (Lipinski definition) is 1. The first kappa shape index (κ1) is 14.0. The lowest BCUT2D eigenvalue weighted by molar-refractivity contribution is 0.297. The van der Waals surface area contributed by atoms with Crippen LogP contribution in [-0.4, -0.2) is 28.5 Å². The molecule has 0 saturated carbocycles. The van der Waals surface area contributed by atoms with Crippen molar-refractivity contribution >= 4 is 0 Å². The predicted octanol–water partition coefficient (Wildman–Crippen LogP) is 2.62. The van der Waals surface area contributed by atoms with Gasteiger partial charge in [-0.1, -0.05) is 0 Å². The molecule has 17 heavy (non-hydrogen) atoms. The van der Waals surface area contributed by atoms with E-state index in [0.717, 1.165) is 25.3 Å². The van der Waals surface area contributed by atoms with Crippen LogP contribution < -0.4 is 10.1 Å². The molecule has 0 fully saturated rings. The van der Waals surface area contributed by atoms with E-state index in [9.17, 15) is 0 Å². The first-order chi connectivity index (χ1) is 7.88. The van der Waals surface area contributed by atoms with Gasteiger partial charge < -0.3 is 10.1 Å². The van der Waals surface area contributed by atoms with Gasteiger partial charge in [0.1, 0.15) is 0 Å². The van der Waals surface area contributed by atoms with Gasteiger partial charge in [0.05, 0.1) is 19.0 Å². The Morgan fingerprint density at radius 2 is 2.12 bits per heavy atom. The average Bonchev–Trinajstić information content (AvgIpc) is 2.64. The van der Waals surface area contributed by atoms with E-state index in [0.29, 0.717) is 6.04 Å². The molecule has 1 aromatic heterocycles. The molecule has 1 rings (SSSR count). The summed E-state index contributed by atoms with van der Waals surface area (Å²) in [5.41, 5.74) is 0.183. The van der Waals surface area contributed by atoms with Crippen molar-refractivity contribution in [3.05, 3.63) is 12.4 Å². The average molecular weight is 239 g/mol. The molecule has 0 amide bonds. The van der Waals surface area contributed by atoms with E-state index in [4.69, 9.17) is 4.74 Å². The van der Waals surface area contributed by atoms with Gasteiger partial charge in [-0.3, -0.25) is 4.68 Å². The highest BCUT2D eigenvalue weighted by Crippen LogP contribution is 2.12. The summed E-state index contributed by atoms with van der Waals surface area (Å²) in [5.74, 6) is 0.856. The molecule has 0 aliphatic carbocycles. The number of nitrogens with one attached hydrogen (secondary N) is 1. The highest BCUT2D eigenvalue weighted by atomic mass is 16.5. The Balaban J connectivity index is 2.18. The summed E-state index contributed by atoms with van der Waals surface area (Å²) in [5, 5.41) is 7.66. The topological polar surface area (TPSA) is 39.1 Å². The van der Waals surface area contributed by atoms with Gasteiger partial charge >= 0.3 is 0 Å². The summed E-state index contributed by atoms with van der Waals surface area (Å²) in [6.45, 7) is 12.4. The zero-order valence-corrected chi connectivity index (χ0v) is 11.7. The third-order valence-corrected chi connectivity index (χ3v) is 2.35. The van der Waals surface area contributed by atoms with E-state index in [1.54, 1.807) is 6.20 Å². The Kier molecular flexibility index (Phi) is 5.00. The molecule has 4 heteroatoms. The molecule has 0 atom stereocenters. The Hall–Kier alpha value is -1.03. The maximum absolute atomic E-state index is 5.63. The minimum absolute atomic E-state index is 0.183. The molecule has 1 aromatic rings. The van der Waals surface area contributed by atoms with Crippen molar-refractivity contribution in [2.24, 2.45) is 0 Å². The van der Waals surface area contributed by atoms with Crippen LogP contribution >= 0.6 is 0 Å². The van der Waals surface area contributed by atoms with Crippen LogP contribution in [0.15, 0.2) is 12.4 Å². The van der Waals surface area contributed by atoms with Crippen LogP contribution in [0.4, 0.5) is 0 Å². The smallest absolute Gasteiger partial charge is 0.157 e. The molecule has 0 saturated heterocycles. The van der Waals surface area contributed by atoms with Crippen molar-refractivity contribution in [2.45, 2.75) is 52.6 Å². The molecule has 0 aliphatic heterocycles. The molecular weight excluding hydrogens is 214 g/mol. The number of nitrogens with zero attached hydrogens (tertiary/aromatic N) is 2. The van der Waals surface area contributed by atoms with E-state index in [2.05, 4.69) is 45.0 Å². The molecule has 0 bridgehead atoms. The maximum Gasteiger partial charge on any atom is 0.157 e. The number of rotatable bonds is 6. The first-order valence-electron chi connectivity index (χ1n) is 6.30. The van der Waals surface area contributed by atoms with Crippen molar-refractivity contribution in [2.75, 3.05) is 13.2 Å². The molecule has 1 heterocycles. The predicted molar refractivity (Wildman–Crippen MR) is 70.5 cm³/mol. The SMILES string of the molecule is CC(C)n1cc(OCCCNC(C)(C)C)cn1. The van der Waals surface area contributed by atoms with Gasteiger partial charge in [-0.05, 0) is 47.6 Å². The summed E-state index contributed by atoms with van der Waals surface area (Å²) in [6, 6.07) is 0.384. The van der Waals surface area contributed by atoms with E-state index in [1.165, 1.54) is 0 Å². The minimum atomic E-state index is 0.183. The lowest BCUT2D eigenvalue weighted by Gasteiger charge is -2.20. The second-order valence-corrected chi connectivity index (χ2v) is 5.63. The Morgan fingerprint density at radius 3 is 2.65 bits per heavy atom. The van der Waals surface area contributed by atoms with Gasteiger partial charge in [0.25, 0.3) is 0 Å². The van der Waals surface area contributed by atoms with Gasteiger partial charge in [0.2, 0.25) is 0 Å².